The summed E-state index contributed by atoms with van der Waals surface area (Å²) in [6.07, 6.45) is 0. The van der Waals surface area contributed by atoms with E-state index in [0.29, 0.717) is 0 Å². The second-order valence-corrected chi connectivity index (χ2v) is 18.1. The minimum Gasteiger partial charge on any atom is -0.354 e. The van der Waals surface area contributed by atoms with Gasteiger partial charge in [-0.05, 0) is 108 Å². The quantitative estimate of drug-likeness (QED) is 0.178. The van der Waals surface area contributed by atoms with E-state index in [-0.39, 0.29) is 5.41 Å². The van der Waals surface area contributed by atoms with Crippen molar-refractivity contribution >= 4 is 57.4 Å². The van der Waals surface area contributed by atoms with Crippen LogP contribution in [0.3, 0.4) is 0 Å². The van der Waals surface area contributed by atoms with Crippen molar-refractivity contribution in [2.45, 2.75) is 17.8 Å². The fourth-order valence-electron chi connectivity index (χ4n) is 12.6. The van der Waals surface area contributed by atoms with Crippen molar-refractivity contribution in [2.24, 2.45) is 0 Å². The van der Waals surface area contributed by atoms with Crippen molar-refractivity contribution in [3.8, 4) is 33.4 Å². The van der Waals surface area contributed by atoms with Gasteiger partial charge in [0.1, 0.15) is 0 Å². The first kappa shape index (κ1) is 35.7. The number of hydrogen-bond acceptors (Lipinski definition) is 2. The molecule has 0 bridgehead atoms. The Balaban J connectivity index is 1.09. The van der Waals surface area contributed by atoms with Crippen LogP contribution in [-0.2, 0) is 10.8 Å². The first-order chi connectivity index (χ1) is 31.7. The molecule has 14 rings (SSSR count). The van der Waals surface area contributed by atoms with E-state index in [2.05, 4.69) is 236 Å². The van der Waals surface area contributed by atoms with Gasteiger partial charge in [-0.15, -0.1) is 0 Å². The van der Waals surface area contributed by atoms with Crippen LogP contribution in [-0.4, -0.2) is 7.28 Å². The molecule has 0 saturated carbocycles. The average molecular weight is 813 g/mol. The minimum atomic E-state index is -0.520. The van der Waals surface area contributed by atoms with E-state index in [1.165, 1.54) is 122 Å². The van der Waals surface area contributed by atoms with Crippen molar-refractivity contribution in [2.75, 3.05) is 10.2 Å². The Kier molecular flexibility index (Phi) is 7.29. The first-order valence-corrected chi connectivity index (χ1v) is 22.6. The fourth-order valence-corrected chi connectivity index (χ4v) is 12.6. The third-order valence-electron chi connectivity index (χ3n) is 15.1. The Hall–Kier alpha value is -7.88. The number of anilines is 5. The molecule has 4 aliphatic rings. The molecule has 2 nitrogen and oxygen atoms in total. The molecule has 3 heterocycles. The summed E-state index contributed by atoms with van der Waals surface area (Å²) in [4.78, 5) is 2.62. The van der Waals surface area contributed by atoms with Crippen LogP contribution in [0.4, 0.5) is 28.4 Å². The number of rotatable bonds is 4. The summed E-state index contributed by atoms with van der Waals surface area (Å²) >= 11 is 0. The highest BCUT2D eigenvalue weighted by Crippen LogP contribution is 2.63. The molecule has 0 fully saturated rings. The van der Waals surface area contributed by atoms with E-state index >= 15 is 0 Å². The number of hydrogen-bond donors (Lipinski definition) is 1. The normalized spacial score (nSPS) is 16.3. The lowest BCUT2D eigenvalue weighted by Crippen LogP contribution is -2.47. The van der Waals surface area contributed by atoms with E-state index < -0.39 is 5.41 Å². The molecule has 1 unspecified atom stereocenters. The molecule has 10 aromatic carbocycles. The van der Waals surface area contributed by atoms with Gasteiger partial charge < -0.3 is 10.2 Å². The van der Waals surface area contributed by atoms with Crippen molar-refractivity contribution in [3.63, 3.8) is 0 Å². The van der Waals surface area contributed by atoms with Gasteiger partial charge in [-0.1, -0.05) is 206 Å². The highest BCUT2D eigenvalue weighted by Gasteiger charge is 2.50. The molecular formula is C61H41BN2. The zero-order chi connectivity index (χ0) is 42.1. The number of para-hydroxylation sites is 2. The van der Waals surface area contributed by atoms with Crippen LogP contribution >= 0.6 is 0 Å². The Morgan fingerprint density at radius 3 is 1.89 bits per heavy atom. The molecule has 298 valence electrons. The molecule has 0 saturated heterocycles. The maximum atomic E-state index is 4.17. The number of fused-ring (bicyclic) bond motifs is 10. The van der Waals surface area contributed by atoms with Crippen molar-refractivity contribution in [1.82, 2.24) is 0 Å². The smallest absolute Gasteiger partial charge is 0.198 e. The van der Waals surface area contributed by atoms with Crippen LogP contribution in [0.5, 0.6) is 0 Å². The van der Waals surface area contributed by atoms with Crippen LogP contribution in [0.2, 0.25) is 0 Å². The van der Waals surface area contributed by atoms with Gasteiger partial charge in [-0.2, -0.15) is 0 Å². The van der Waals surface area contributed by atoms with E-state index in [0.717, 1.165) is 7.28 Å². The zero-order valence-corrected chi connectivity index (χ0v) is 35.4. The molecule has 1 N–H and O–H groups in total. The minimum absolute atomic E-state index is 0.388. The summed E-state index contributed by atoms with van der Waals surface area (Å²) in [5, 5.41) is 6.67. The first-order valence-electron chi connectivity index (χ1n) is 22.6. The van der Waals surface area contributed by atoms with Crippen molar-refractivity contribution in [3.05, 3.63) is 257 Å². The Morgan fingerprint density at radius 1 is 0.469 bits per heavy atom. The van der Waals surface area contributed by atoms with E-state index in [1.807, 2.05) is 0 Å². The van der Waals surface area contributed by atoms with Crippen LogP contribution in [0.25, 0.3) is 44.2 Å². The molecule has 3 aliphatic heterocycles. The Morgan fingerprint density at radius 2 is 1.09 bits per heavy atom. The molecule has 64 heavy (non-hydrogen) atoms. The maximum Gasteiger partial charge on any atom is 0.198 e. The second-order valence-electron chi connectivity index (χ2n) is 18.1. The molecule has 0 amide bonds. The lowest BCUT2D eigenvalue weighted by atomic mass is 9.53. The molecule has 0 radical (unpaired) electrons. The second kappa shape index (κ2) is 13.1. The van der Waals surface area contributed by atoms with Crippen molar-refractivity contribution < 1.29 is 0 Å². The highest BCUT2D eigenvalue weighted by molar-refractivity contribution is 6.74. The monoisotopic (exact) mass is 812 g/mol. The van der Waals surface area contributed by atoms with Gasteiger partial charge in [0.05, 0.1) is 16.8 Å². The van der Waals surface area contributed by atoms with Gasteiger partial charge in [-0.25, -0.2) is 0 Å². The van der Waals surface area contributed by atoms with Gasteiger partial charge in [0, 0.05) is 28.0 Å². The number of nitrogens with zero attached hydrogens (tertiary/aromatic N) is 1. The zero-order valence-electron chi connectivity index (χ0n) is 35.4. The van der Waals surface area contributed by atoms with E-state index in [4.69, 9.17) is 0 Å². The molecule has 0 spiro atoms. The predicted octanol–water partition coefficient (Wildman–Crippen LogP) is 13.4. The molecule has 1 atom stereocenters. The van der Waals surface area contributed by atoms with Crippen LogP contribution in [0, 0.1) is 0 Å². The summed E-state index contributed by atoms with van der Waals surface area (Å²) in [7, 11) is 0.799. The van der Waals surface area contributed by atoms with Gasteiger partial charge >= 0.3 is 0 Å². The number of nitrogens with one attached hydrogen (secondary N) is 1. The third kappa shape index (κ3) is 4.51. The molecule has 1 aliphatic carbocycles. The Bertz CT molecular complexity index is 3540. The lowest BCUT2D eigenvalue weighted by Gasteiger charge is -2.49. The summed E-state index contributed by atoms with van der Waals surface area (Å²) in [5.74, 6) is 0. The average Bonchev–Trinajstić information content (AvgIpc) is 3.63. The summed E-state index contributed by atoms with van der Waals surface area (Å²) in [6.45, 7) is 2.48. The molecular weight excluding hydrogens is 771 g/mol. The largest absolute Gasteiger partial charge is 0.354 e. The van der Waals surface area contributed by atoms with Gasteiger partial charge in [-0.3, -0.25) is 0 Å². The summed E-state index contributed by atoms with van der Waals surface area (Å²) in [5.41, 5.74) is 24.8. The maximum absolute atomic E-state index is 4.17. The van der Waals surface area contributed by atoms with Gasteiger partial charge in [0.15, 0.2) is 7.28 Å². The van der Waals surface area contributed by atoms with E-state index in [9.17, 15) is 0 Å². The third-order valence-corrected chi connectivity index (χ3v) is 15.1. The lowest BCUT2D eigenvalue weighted by molar-refractivity contribution is 0.712. The molecule has 0 aromatic heterocycles. The highest BCUT2D eigenvalue weighted by atomic mass is 15.2. The van der Waals surface area contributed by atoms with E-state index in [1.54, 1.807) is 0 Å². The van der Waals surface area contributed by atoms with Crippen LogP contribution in [0.15, 0.2) is 218 Å². The topological polar surface area (TPSA) is 15.3 Å². The Labute approximate surface area is 374 Å². The predicted molar refractivity (Wildman–Crippen MR) is 269 cm³/mol. The summed E-state index contributed by atoms with van der Waals surface area (Å²) < 4.78 is 0. The number of benzene rings is 10. The molecule has 3 heteroatoms. The van der Waals surface area contributed by atoms with Gasteiger partial charge in [0.2, 0.25) is 0 Å². The standard InChI is InChI=1S/C61H41BN2/c1-60-47-29-14-13-27-44(47)45-28-17-33-51(55(45)60)63-58-46(36-35-43(56(58)60)38-19-5-2-6-20-38)54-42-26-12-11-21-39(42)37-53-57(54)62-50-32-18-31-49-59(50)64(53)52-34-16-15-30-48(52)61(49,40-22-7-3-8-23-40)41-24-9-4-10-25-41/h2-37,62-63H,1H3. The van der Waals surface area contributed by atoms with Gasteiger partial charge in [0.25, 0.3) is 0 Å². The van der Waals surface area contributed by atoms with Crippen LogP contribution in [0.1, 0.15) is 45.9 Å². The molecule has 10 aromatic rings. The van der Waals surface area contributed by atoms with Crippen LogP contribution < -0.4 is 21.1 Å². The summed E-state index contributed by atoms with van der Waals surface area (Å²) in [6, 6.07) is 81.9. The fraction of sp³-hybridized carbons (Fsp3) is 0.0492. The SMILES string of the molecule is CC12c3ccccc3-c3cccc(c31)Nc1c(-c3c4c(cc5ccccc35)N3c5ccccc5C(c5ccccc5)(c5ccccc5)c5cccc(c53)B4)ccc(-c3ccccc3)c12. The van der Waals surface area contributed by atoms with Crippen molar-refractivity contribution in [1.29, 1.82) is 0 Å².